The van der Waals surface area contributed by atoms with Gasteiger partial charge in [0.25, 0.3) is 0 Å². The number of nitrogens with zero attached hydrogens (tertiary/aromatic N) is 1. The van der Waals surface area contributed by atoms with E-state index in [0.717, 1.165) is 11.1 Å². The highest BCUT2D eigenvalue weighted by atomic mass is 32.2. The van der Waals surface area contributed by atoms with Crippen LogP contribution in [0.25, 0.3) is 0 Å². The first kappa shape index (κ1) is 20.9. The fraction of sp³-hybridized carbons (Fsp3) is 0.500. The van der Waals surface area contributed by atoms with Crippen LogP contribution < -0.4 is 0 Å². The average molecular weight is 392 g/mol. The number of rotatable bonds is 4. The first-order chi connectivity index (χ1) is 12.0. The molecule has 0 bridgehead atoms. The Bertz CT molecular complexity index is 813. The van der Waals surface area contributed by atoms with E-state index in [1.165, 1.54) is 4.31 Å². The molecule has 1 heterocycles. The molecule has 142 valence electrons. The van der Waals surface area contributed by atoms with Crippen LogP contribution in [0.2, 0.25) is 19.6 Å². The fourth-order valence-electron chi connectivity index (χ4n) is 2.99. The van der Waals surface area contributed by atoms with Gasteiger partial charge >= 0.3 is 0 Å². The van der Waals surface area contributed by atoms with Gasteiger partial charge in [0.1, 0.15) is 0 Å². The summed E-state index contributed by atoms with van der Waals surface area (Å²) in [5.41, 5.74) is 1.76. The van der Waals surface area contributed by atoms with Crippen molar-refractivity contribution in [2.45, 2.75) is 63.4 Å². The molecule has 0 radical (unpaired) electrons. The zero-order valence-electron chi connectivity index (χ0n) is 16.4. The third kappa shape index (κ3) is 5.55. The van der Waals surface area contributed by atoms with E-state index in [4.69, 9.17) is 4.43 Å². The molecule has 1 aromatic carbocycles. The van der Waals surface area contributed by atoms with Crippen molar-refractivity contribution in [3.8, 4) is 11.8 Å². The SMILES string of the molecule is C=C(C)C#CC1CC(O[Si](C)(C)C)CCN1S(=O)(=O)c1ccc(C)cc1. The minimum Gasteiger partial charge on any atom is -0.415 e. The molecule has 0 aliphatic carbocycles. The van der Waals surface area contributed by atoms with Crippen molar-refractivity contribution in [2.75, 3.05) is 6.54 Å². The molecule has 0 spiro atoms. The van der Waals surface area contributed by atoms with Gasteiger partial charge in [-0.3, -0.25) is 0 Å². The van der Waals surface area contributed by atoms with Crippen molar-refractivity contribution >= 4 is 18.3 Å². The van der Waals surface area contributed by atoms with E-state index in [-0.39, 0.29) is 6.10 Å². The molecular weight excluding hydrogens is 362 g/mol. The largest absolute Gasteiger partial charge is 0.415 e. The summed E-state index contributed by atoms with van der Waals surface area (Å²) in [4.78, 5) is 0.315. The van der Waals surface area contributed by atoms with Gasteiger partial charge in [-0.05, 0) is 57.6 Å². The lowest BCUT2D eigenvalue weighted by atomic mass is 10.0. The Balaban J connectivity index is 2.32. The predicted molar refractivity (Wildman–Crippen MR) is 109 cm³/mol. The number of sulfonamides is 1. The van der Waals surface area contributed by atoms with Crippen LogP contribution in [-0.4, -0.2) is 39.7 Å². The maximum absolute atomic E-state index is 13.1. The lowest BCUT2D eigenvalue weighted by Gasteiger charge is -2.38. The van der Waals surface area contributed by atoms with E-state index in [1.54, 1.807) is 12.1 Å². The van der Waals surface area contributed by atoms with Gasteiger partial charge in [-0.25, -0.2) is 8.42 Å². The number of piperidine rings is 1. The van der Waals surface area contributed by atoms with Crippen molar-refractivity contribution in [2.24, 2.45) is 0 Å². The highest BCUT2D eigenvalue weighted by Crippen LogP contribution is 2.28. The van der Waals surface area contributed by atoms with Crippen LogP contribution >= 0.6 is 0 Å². The second-order valence-electron chi connectivity index (χ2n) is 7.87. The Morgan fingerprint density at radius 1 is 1.27 bits per heavy atom. The third-order valence-electron chi connectivity index (χ3n) is 4.11. The maximum Gasteiger partial charge on any atom is 0.244 e. The Kier molecular flexibility index (Phi) is 6.51. The third-order valence-corrected chi connectivity index (χ3v) is 7.07. The summed E-state index contributed by atoms with van der Waals surface area (Å²) >= 11 is 0. The second-order valence-corrected chi connectivity index (χ2v) is 14.2. The Morgan fingerprint density at radius 2 is 1.88 bits per heavy atom. The zero-order valence-corrected chi connectivity index (χ0v) is 18.2. The second kappa shape index (κ2) is 8.09. The average Bonchev–Trinajstić information content (AvgIpc) is 2.51. The summed E-state index contributed by atoms with van der Waals surface area (Å²) in [6.07, 6.45) is 1.34. The molecule has 1 aliphatic rings. The van der Waals surface area contributed by atoms with Crippen LogP contribution in [0.1, 0.15) is 25.3 Å². The molecule has 2 rings (SSSR count). The fourth-order valence-corrected chi connectivity index (χ4v) is 5.77. The lowest BCUT2D eigenvalue weighted by molar-refractivity contribution is 0.112. The molecule has 0 aromatic heterocycles. The molecule has 0 N–H and O–H groups in total. The molecule has 4 nitrogen and oxygen atoms in total. The Hall–Kier alpha value is -1.39. The van der Waals surface area contributed by atoms with Crippen molar-refractivity contribution < 1.29 is 12.8 Å². The number of aryl methyl sites for hydroxylation is 1. The minimum absolute atomic E-state index is 0.0514. The van der Waals surface area contributed by atoms with Gasteiger partial charge in [-0.2, -0.15) is 4.31 Å². The molecule has 2 atom stereocenters. The van der Waals surface area contributed by atoms with E-state index in [2.05, 4.69) is 38.1 Å². The van der Waals surface area contributed by atoms with Gasteiger partial charge in [0.15, 0.2) is 8.32 Å². The van der Waals surface area contributed by atoms with E-state index < -0.39 is 24.4 Å². The van der Waals surface area contributed by atoms with E-state index in [9.17, 15) is 8.42 Å². The summed E-state index contributed by atoms with van der Waals surface area (Å²) in [7, 11) is -5.28. The van der Waals surface area contributed by atoms with E-state index in [1.807, 2.05) is 26.0 Å². The summed E-state index contributed by atoms with van der Waals surface area (Å²) in [6, 6.07) is 6.58. The van der Waals surface area contributed by atoms with Crippen molar-refractivity contribution in [1.29, 1.82) is 0 Å². The molecule has 1 aromatic rings. The summed E-state index contributed by atoms with van der Waals surface area (Å²) in [5, 5.41) is 0. The lowest BCUT2D eigenvalue weighted by Crippen LogP contribution is -2.49. The first-order valence-electron chi connectivity index (χ1n) is 8.92. The molecule has 0 saturated carbocycles. The summed E-state index contributed by atoms with van der Waals surface area (Å²) in [5.74, 6) is 6.07. The topological polar surface area (TPSA) is 46.6 Å². The van der Waals surface area contributed by atoms with Crippen LogP contribution in [0.4, 0.5) is 0 Å². The molecule has 1 saturated heterocycles. The van der Waals surface area contributed by atoms with Crippen LogP contribution in [-0.2, 0) is 14.4 Å². The van der Waals surface area contributed by atoms with Gasteiger partial charge < -0.3 is 4.43 Å². The highest BCUT2D eigenvalue weighted by molar-refractivity contribution is 7.89. The standard InChI is InChI=1S/C20H29NO3SSi/c1-16(2)7-10-18-15-19(24-26(4,5)6)13-14-21(18)25(22,23)20-11-8-17(3)9-12-20/h8-9,11-12,18-19H,1,13-15H2,2-6H3. The number of benzene rings is 1. The number of hydrogen-bond acceptors (Lipinski definition) is 3. The van der Waals surface area contributed by atoms with Gasteiger partial charge in [-0.1, -0.05) is 36.1 Å². The summed E-state index contributed by atoms with van der Waals surface area (Å²) < 4.78 is 34.0. The van der Waals surface area contributed by atoms with Crippen LogP contribution in [0.15, 0.2) is 41.3 Å². The molecule has 6 heteroatoms. The Labute approximate surface area is 159 Å². The van der Waals surface area contributed by atoms with Gasteiger partial charge in [0, 0.05) is 19.1 Å². The zero-order chi connectivity index (χ0) is 19.5. The van der Waals surface area contributed by atoms with Crippen LogP contribution in [0.5, 0.6) is 0 Å². The van der Waals surface area contributed by atoms with Crippen molar-refractivity contribution in [3.05, 3.63) is 42.0 Å². The molecule has 26 heavy (non-hydrogen) atoms. The van der Waals surface area contributed by atoms with Crippen LogP contribution in [0.3, 0.4) is 0 Å². The normalized spacial score (nSPS) is 21.7. The van der Waals surface area contributed by atoms with Gasteiger partial charge in [0.2, 0.25) is 10.0 Å². The maximum atomic E-state index is 13.1. The monoisotopic (exact) mass is 391 g/mol. The first-order valence-corrected chi connectivity index (χ1v) is 13.8. The predicted octanol–water partition coefficient (Wildman–Crippen LogP) is 3.95. The van der Waals surface area contributed by atoms with Crippen molar-refractivity contribution in [3.63, 3.8) is 0 Å². The smallest absolute Gasteiger partial charge is 0.244 e. The molecule has 0 amide bonds. The highest BCUT2D eigenvalue weighted by Gasteiger charge is 2.37. The van der Waals surface area contributed by atoms with Gasteiger partial charge in [-0.15, -0.1) is 0 Å². The molecule has 2 unspecified atom stereocenters. The minimum atomic E-state index is -3.59. The Morgan fingerprint density at radius 3 is 2.42 bits per heavy atom. The number of hydrogen-bond donors (Lipinski definition) is 0. The summed E-state index contributed by atoms with van der Waals surface area (Å²) in [6.45, 7) is 14.4. The van der Waals surface area contributed by atoms with E-state index in [0.29, 0.717) is 24.3 Å². The van der Waals surface area contributed by atoms with Crippen LogP contribution in [0, 0.1) is 18.8 Å². The van der Waals surface area contributed by atoms with E-state index >= 15 is 0 Å². The molecular formula is C20H29NO3SSi. The van der Waals surface area contributed by atoms with Gasteiger partial charge in [0.05, 0.1) is 10.9 Å². The number of allylic oxidation sites excluding steroid dienone is 1. The molecule has 1 aliphatic heterocycles. The molecule has 1 fully saturated rings. The quantitative estimate of drug-likeness (QED) is 0.577. The van der Waals surface area contributed by atoms with Crippen molar-refractivity contribution in [1.82, 2.24) is 4.31 Å².